The van der Waals surface area contributed by atoms with Crippen molar-refractivity contribution < 1.29 is 18.0 Å². The molecule has 3 rings (SSSR count). The van der Waals surface area contributed by atoms with Crippen LogP contribution in [0.25, 0.3) is 0 Å². The van der Waals surface area contributed by atoms with Gasteiger partial charge in [0.25, 0.3) is 5.91 Å². The molecule has 0 saturated carbocycles. The lowest BCUT2D eigenvalue weighted by Crippen LogP contribution is -2.41. The number of amides is 1. The molecule has 2 aromatic rings. The standard InChI is InChI=1S/C14H15F3N4OS/c1-9-11(8-23-19-9)13(22)20-5-2-3-10(7-20)21-6-4-12(18-21)14(15,16)17/h4,6,8,10H,2-3,5,7H2,1H3/t10-/m1/s1. The van der Waals surface area contributed by atoms with Gasteiger partial charge in [0.1, 0.15) is 0 Å². The lowest BCUT2D eigenvalue weighted by atomic mass is 10.0. The summed E-state index contributed by atoms with van der Waals surface area (Å²) in [5, 5.41) is 5.33. The van der Waals surface area contributed by atoms with Gasteiger partial charge in [-0.15, -0.1) is 0 Å². The molecule has 1 atom stereocenters. The summed E-state index contributed by atoms with van der Waals surface area (Å²) in [5.41, 5.74) is 0.339. The van der Waals surface area contributed by atoms with Crippen LogP contribution in [-0.4, -0.2) is 38.1 Å². The van der Waals surface area contributed by atoms with Crippen molar-refractivity contribution >= 4 is 17.4 Å². The van der Waals surface area contributed by atoms with Crippen LogP contribution >= 0.6 is 11.5 Å². The molecule has 1 aliphatic heterocycles. The van der Waals surface area contributed by atoms with Crippen LogP contribution in [0.4, 0.5) is 13.2 Å². The van der Waals surface area contributed by atoms with Crippen LogP contribution in [0.15, 0.2) is 17.6 Å². The van der Waals surface area contributed by atoms with Gasteiger partial charge < -0.3 is 4.90 Å². The van der Waals surface area contributed by atoms with Gasteiger partial charge in [-0.05, 0) is 37.4 Å². The van der Waals surface area contributed by atoms with Gasteiger partial charge in [-0.3, -0.25) is 9.48 Å². The summed E-state index contributed by atoms with van der Waals surface area (Å²) in [7, 11) is 0. The van der Waals surface area contributed by atoms with E-state index in [1.807, 2.05) is 0 Å². The van der Waals surface area contributed by atoms with E-state index >= 15 is 0 Å². The van der Waals surface area contributed by atoms with Crippen LogP contribution in [0, 0.1) is 6.92 Å². The lowest BCUT2D eigenvalue weighted by molar-refractivity contribution is -0.141. The zero-order valence-electron chi connectivity index (χ0n) is 12.4. The lowest BCUT2D eigenvalue weighted by Gasteiger charge is -2.32. The van der Waals surface area contributed by atoms with Crippen molar-refractivity contribution in [2.45, 2.75) is 32.0 Å². The summed E-state index contributed by atoms with van der Waals surface area (Å²) >= 11 is 1.22. The Morgan fingerprint density at radius 1 is 1.43 bits per heavy atom. The molecule has 0 N–H and O–H groups in total. The number of alkyl halides is 3. The number of carbonyl (C=O) groups excluding carboxylic acids is 1. The van der Waals surface area contributed by atoms with E-state index in [1.54, 1.807) is 17.2 Å². The highest BCUT2D eigenvalue weighted by molar-refractivity contribution is 7.03. The van der Waals surface area contributed by atoms with Crippen LogP contribution in [0.3, 0.4) is 0 Å². The van der Waals surface area contributed by atoms with Gasteiger partial charge in [-0.25, -0.2) is 0 Å². The van der Waals surface area contributed by atoms with Gasteiger partial charge in [-0.2, -0.15) is 22.6 Å². The van der Waals surface area contributed by atoms with Crippen LogP contribution in [0.2, 0.25) is 0 Å². The Labute approximate surface area is 134 Å². The third-order valence-electron chi connectivity index (χ3n) is 3.94. The van der Waals surface area contributed by atoms with Crippen molar-refractivity contribution in [3.63, 3.8) is 0 Å². The minimum Gasteiger partial charge on any atom is -0.336 e. The highest BCUT2D eigenvalue weighted by Crippen LogP contribution is 2.29. The average Bonchev–Trinajstić information content (AvgIpc) is 3.15. The van der Waals surface area contributed by atoms with Crippen LogP contribution in [0.5, 0.6) is 0 Å². The largest absolute Gasteiger partial charge is 0.435 e. The number of carbonyl (C=O) groups is 1. The number of aromatic nitrogens is 3. The van der Waals surface area contributed by atoms with Gasteiger partial charge >= 0.3 is 6.18 Å². The Kier molecular flexibility index (Phi) is 4.13. The summed E-state index contributed by atoms with van der Waals surface area (Å²) in [6.45, 7) is 2.72. The molecule has 0 unspecified atom stereocenters. The maximum absolute atomic E-state index is 12.7. The van der Waals surface area contributed by atoms with E-state index < -0.39 is 11.9 Å². The van der Waals surface area contributed by atoms with Crippen molar-refractivity contribution in [1.82, 2.24) is 19.1 Å². The molecule has 1 amide bonds. The highest BCUT2D eigenvalue weighted by Gasteiger charge is 2.35. The molecule has 0 spiro atoms. The summed E-state index contributed by atoms with van der Waals surface area (Å²) in [6, 6.07) is 0.726. The second-order valence-corrected chi connectivity index (χ2v) is 6.17. The first-order valence-corrected chi connectivity index (χ1v) is 8.02. The van der Waals surface area contributed by atoms with E-state index in [4.69, 9.17) is 0 Å². The van der Waals surface area contributed by atoms with Crippen molar-refractivity contribution in [1.29, 1.82) is 0 Å². The van der Waals surface area contributed by atoms with Gasteiger partial charge in [-0.1, -0.05) is 0 Å². The Bertz CT molecular complexity index is 709. The molecule has 2 aromatic heterocycles. The summed E-state index contributed by atoms with van der Waals surface area (Å²) in [6.07, 6.45) is -1.69. The van der Waals surface area contributed by atoms with Crippen LogP contribution in [0.1, 0.15) is 40.6 Å². The monoisotopic (exact) mass is 344 g/mol. The molecular formula is C14H15F3N4OS. The van der Waals surface area contributed by atoms with Gasteiger partial charge in [0, 0.05) is 24.7 Å². The van der Waals surface area contributed by atoms with Crippen molar-refractivity contribution in [3.8, 4) is 0 Å². The molecule has 9 heteroatoms. The summed E-state index contributed by atoms with van der Waals surface area (Å²) < 4.78 is 43.4. The Morgan fingerprint density at radius 3 is 2.83 bits per heavy atom. The van der Waals surface area contributed by atoms with E-state index in [1.165, 1.54) is 22.4 Å². The molecule has 1 fully saturated rings. The quantitative estimate of drug-likeness (QED) is 0.841. The number of halogens is 3. The highest BCUT2D eigenvalue weighted by atomic mass is 32.1. The fourth-order valence-corrected chi connectivity index (χ4v) is 3.40. The smallest absolute Gasteiger partial charge is 0.336 e. The minimum absolute atomic E-state index is 0.121. The second-order valence-electron chi connectivity index (χ2n) is 5.54. The van der Waals surface area contributed by atoms with E-state index in [2.05, 4.69) is 9.47 Å². The van der Waals surface area contributed by atoms with Gasteiger partial charge in [0.2, 0.25) is 0 Å². The van der Waals surface area contributed by atoms with E-state index in [0.29, 0.717) is 30.8 Å². The Balaban J connectivity index is 1.75. The molecule has 1 saturated heterocycles. The van der Waals surface area contributed by atoms with E-state index in [0.717, 1.165) is 12.5 Å². The average molecular weight is 344 g/mol. The minimum atomic E-state index is -4.45. The maximum Gasteiger partial charge on any atom is 0.435 e. The number of likely N-dealkylation sites (tertiary alicyclic amines) is 1. The molecule has 0 aliphatic carbocycles. The van der Waals surface area contributed by atoms with Crippen LogP contribution < -0.4 is 0 Å². The SMILES string of the molecule is Cc1nscc1C(=O)N1CCC[C@@H](n2ccc(C(F)(F)F)n2)C1. The molecule has 0 bridgehead atoms. The van der Waals surface area contributed by atoms with Crippen molar-refractivity contribution in [2.24, 2.45) is 0 Å². The number of aryl methyl sites for hydroxylation is 1. The maximum atomic E-state index is 12.7. The van der Waals surface area contributed by atoms with Crippen molar-refractivity contribution in [2.75, 3.05) is 13.1 Å². The van der Waals surface area contributed by atoms with Crippen LogP contribution in [-0.2, 0) is 6.18 Å². The topological polar surface area (TPSA) is 51.0 Å². The Morgan fingerprint density at radius 2 is 2.22 bits per heavy atom. The van der Waals surface area contributed by atoms with E-state index in [-0.39, 0.29) is 11.9 Å². The first-order valence-electron chi connectivity index (χ1n) is 7.19. The van der Waals surface area contributed by atoms with E-state index in [9.17, 15) is 18.0 Å². The first-order chi connectivity index (χ1) is 10.9. The zero-order valence-corrected chi connectivity index (χ0v) is 13.2. The number of hydrogen-bond donors (Lipinski definition) is 0. The van der Waals surface area contributed by atoms with Crippen molar-refractivity contribution in [3.05, 3.63) is 34.6 Å². The first kappa shape index (κ1) is 16.0. The number of hydrogen-bond acceptors (Lipinski definition) is 4. The fourth-order valence-electron chi connectivity index (χ4n) is 2.72. The molecule has 1 aliphatic rings. The second kappa shape index (κ2) is 5.95. The summed E-state index contributed by atoms with van der Waals surface area (Å²) in [5.74, 6) is -0.121. The van der Waals surface area contributed by atoms with Gasteiger partial charge in [0.15, 0.2) is 5.69 Å². The predicted molar refractivity (Wildman–Crippen MR) is 78.3 cm³/mol. The third kappa shape index (κ3) is 3.24. The number of piperidine rings is 1. The summed E-state index contributed by atoms with van der Waals surface area (Å²) in [4.78, 5) is 14.2. The molecule has 124 valence electrons. The van der Waals surface area contributed by atoms with Gasteiger partial charge in [0.05, 0.1) is 17.3 Å². The number of rotatable bonds is 2. The normalized spacial score (nSPS) is 19.1. The number of nitrogens with zero attached hydrogens (tertiary/aromatic N) is 4. The molecular weight excluding hydrogens is 329 g/mol. The zero-order chi connectivity index (χ0) is 16.6. The molecule has 3 heterocycles. The molecule has 0 aromatic carbocycles. The molecule has 0 radical (unpaired) electrons. The molecule has 23 heavy (non-hydrogen) atoms. The fraction of sp³-hybridized carbons (Fsp3) is 0.500. The molecule has 5 nitrogen and oxygen atoms in total. The predicted octanol–water partition coefficient (Wildman–Crippen LogP) is 3.14. The third-order valence-corrected chi connectivity index (χ3v) is 4.66. The Hall–Kier alpha value is -1.90.